The fourth-order valence-corrected chi connectivity index (χ4v) is 3.40. The summed E-state index contributed by atoms with van der Waals surface area (Å²) in [6.45, 7) is 4.01. The molecule has 5 N–H and O–H groups in total. The zero-order valence-corrected chi connectivity index (χ0v) is 16.0. The molecular weight excluding hydrogens is 358 g/mol. The largest absolute Gasteiger partial charge is 0.383 e. The van der Waals surface area contributed by atoms with Gasteiger partial charge in [-0.2, -0.15) is 0 Å². The molecule has 27 heavy (non-hydrogen) atoms. The third kappa shape index (κ3) is 4.98. The number of hydrogen-bond acceptors (Lipinski definition) is 6. The number of rotatable bonds is 5. The molecule has 1 aromatic heterocycles. The number of hydrogen-bond donors (Lipinski definition) is 3. The van der Waals surface area contributed by atoms with Crippen LogP contribution in [0.15, 0.2) is 53.7 Å². The van der Waals surface area contributed by atoms with Gasteiger partial charge in [-0.15, -0.1) is 0 Å². The molecule has 0 aliphatic rings. The zero-order chi connectivity index (χ0) is 19.4. The van der Waals surface area contributed by atoms with Crippen LogP contribution < -0.4 is 16.8 Å². The molecule has 0 atom stereocenters. The van der Waals surface area contributed by atoms with Gasteiger partial charge in [-0.05, 0) is 43.2 Å². The first-order valence-electron chi connectivity index (χ1n) is 8.41. The standard InChI is InChI=1S/C20H21N5OS/c1-12-3-8-16(13(2)9-12)23-19(26)15-6-4-14(5-7-15)11-27-20-24-17(21)10-18(22)25-20/h3-10H,11H2,1-2H3,(H,23,26)(H4,21,22,24,25). The van der Waals surface area contributed by atoms with Gasteiger partial charge in [0.2, 0.25) is 0 Å². The molecule has 138 valence electrons. The molecular formula is C20H21N5OS. The molecule has 6 nitrogen and oxygen atoms in total. The summed E-state index contributed by atoms with van der Waals surface area (Å²) in [6.07, 6.45) is 0. The van der Waals surface area contributed by atoms with Crippen LogP contribution in [0.1, 0.15) is 27.0 Å². The molecule has 7 heteroatoms. The maximum Gasteiger partial charge on any atom is 0.255 e. The Hall–Kier alpha value is -3.06. The minimum atomic E-state index is -0.131. The van der Waals surface area contributed by atoms with E-state index in [1.807, 2.05) is 56.3 Å². The lowest BCUT2D eigenvalue weighted by Crippen LogP contribution is -2.12. The Labute approximate surface area is 162 Å². The van der Waals surface area contributed by atoms with E-state index in [1.165, 1.54) is 23.4 Å². The van der Waals surface area contributed by atoms with Gasteiger partial charge in [0.15, 0.2) is 5.16 Å². The molecule has 1 heterocycles. The lowest BCUT2D eigenvalue weighted by molar-refractivity contribution is 0.102. The third-order valence-corrected chi connectivity index (χ3v) is 4.88. The van der Waals surface area contributed by atoms with Crippen LogP contribution in [-0.4, -0.2) is 15.9 Å². The SMILES string of the molecule is Cc1ccc(NC(=O)c2ccc(CSc3nc(N)cc(N)n3)cc2)c(C)c1. The van der Waals surface area contributed by atoms with Gasteiger partial charge in [-0.3, -0.25) is 4.79 Å². The van der Waals surface area contributed by atoms with Crippen LogP contribution in [0.5, 0.6) is 0 Å². The highest BCUT2D eigenvalue weighted by molar-refractivity contribution is 7.98. The number of nitrogens with one attached hydrogen (secondary N) is 1. The highest BCUT2D eigenvalue weighted by Crippen LogP contribution is 2.22. The maximum absolute atomic E-state index is 12.5. The van der Waals surface area contributed by atoms with Crippen molar-refractivity contribution in [2.45, 2.75) is 24.8 Å². The Bertz CT molecular complexity index is 952. The number of benzene rings is 2. The smallest absolute Gasteiger partial charge is 0.255 e. The van der Waals surface area contributed by atoms with Crippen molar-refractivity contribution in [3.8, 4) is 0 Å². The first-order chi connectivity index (χ1) is 12.9. The number of nitrogens with two attached hydrogens (primary N) is 2. The summed E-state index contributed by atoms with van der Waals surface area (Å²) in [5, 5.41) is 3.48. The van der Waals surface area contributed by atoms with Crippen LogP contribution in [0.3, 0.4) is 0 Å². The highest BCUT2D eigenvalue weighted by Gasteiger charge is 2.08. The zero-order valence-electron chi connectivity index (χ0n) is 15.2. The molecule has 0 saturated carbocycles. The molecule has 0 bridgehead atoms. The van der Waals surface area contributed by atoms with E-state index in [0.717, 1.165) is 16.8 Å². The monoisotopic (exact) mass is 379 g/mol. The summed E-state index contributed by atoms with van der Waals surface area (Å²) in [7, 11) is 0. The van der Waals surface area contributed by atoms with Crippen LogP contribution in [0, 0.1) is 13.8 Å². The first-order valence-corrected chi connectivity index (χ1v) is 9.39. The van der Waals surface area contributed by atoms with Crippen molar-refractivity contribution in [1.29, 1.82) is 0 Å². The summed E-state index contributed by atoms with van der Waals surface area (Å²) >= 11 is 1.44. The van der Waals surface area contributed by atoms with E-state index in [1.54, 1.807) is 0 Å². The number of nitrogen functional groups attached to an aromatic ring is 2. The number of nitrogens with zero attached hydrogens (tertiary/aromatic N) is 2. The summed E-state index contributed by atoms with van der Waals surface area (Å²) in [5.41, 5.74) is 16.0. The lowest BCUT2D eigenvalue weighted by Gasteiger charge is -2.09. The molecule has 0 spiro atoms. The Morgan fingerprint density at radius 3 is 2.30 bits per heavy atom. The predicted molar refractivity (Wildman–Crippen MR) is 111 cm³/mol. The van der Waals surface area contributed by atoms with Gasteiger partial charge in [0.25, 0.3) is 5.91 Å². The van der Waals surface area contributed by atoms with E-state index in [4.69, 9.17) is 11.5 Å². The number of carbonyl (C=O) groups excluding carboxylic acids is 1. The summed E-state index contributed by atoms with van der Waals surface area (Å²) in [6, 6.07) is 14.9. The van der Waals surface area contributed by atoms with E-state index in [-0.39, 0.29) is 5.91 Å². The molecule has 0 aliphatic heterocycles. The van der Waals surface area contributed by atoms with Gasteiger partial charge >= 0.3 is 0 Å². The lowest BCUT2D eigenvalue weighted by atomic mass is 10.1. The second kappa shape index (κ2) is 8.09. The number of aromatic nitrogens is 2. The molecule has 2 aromatic carbocycles. The Kier molecular flexibility index (Phi) is 5.61. The second-order valence-electron chi connectivity index (χ2n) is 6.26. The quantitative estimate of drug-likeness (QED) is 0.460. The average Bonchev–Trinajstić information content (AvgIpc) is 2.62. The van der Waals surface area contributed by atoms with Gasteiger partial charge in [0.1, 0.15) is 11.6 Å². The fourth-order valence-electron chi connectivity index (χ4n) is 2.58. The number of thioether (sulfide) groups is 1. The molecule has 1 amide bonds. The Balaban J connectivity index is 1.63. The van der Waals surface area contributed by atoms with Crippen molar-refractivity contribution in [2.75, 3.05) is 16.8 Å². The van der Waals surface area contributed by atoms with Crippen molar-refractivity contribution < 1.29 is 4.79 Å². The Morgan fingerprint density at radius 1 is 1.00 bits per heavy atom. The normalized spacial score (nSPS) is 10.6. The molecule has 0 aliphatic carbocycles. The molecule has 0 unspecified atom stereocenters. The fraction of sp³-hybridized carbons (Fsp3) is 0.150. The summed E-state index contributed by atoms with van der Waals surface area (Å²) in [5.74, 6) is 1.22. The van der Waals surface area contributed by atoms with Crippen LogP contribution in [0.25, 0.3) is 0 Å². The molecule has 0 fully saturated rings. The number of anilines is 3. The van der Waals surface area contributed by atoms with Crippen molar-refractivity contribution in [2.24, 2.45) is 0 Å². The van der Waals surface area contributed by atoms with E-state index < -0.39 is 0 Å². The van der Waals surface area contributed by atoms with Crippen molar-refractivity contribution in [3.05, 3.63) is 70.8 Å². The third-order valence-electron chi connectivity index (χ3n) is 3.96. The van der Waals surface area contributed by atoms with Gasteiger partial charge in [0.05, 0.1) is 0 Å². The van der Waals surface area contributed by atoms with E-state index >= 15 is 0 Å². The molecule has 3 aromatic rings. The van der Waals surface area contributed by atoms with Crippen molar-refractivity contribution in [1.82, 2.24) is 9.97 Å². The average molecular weight is 379 g/mol. The number of aryl methyl sites for hydroxylation is 2. The van der Waals surface area contributed by atoms with Crippen LogP contribution in [0.2, 0.25) is 0 Å². The number of amides is 1. The minimum Gasteiger partial charge on any atom is -0.383 e. The maximum atomic E-state index is 12.5. The van der Waals surface area contributed by atoms with Crippen LogP contribution in [-0.2, 0) is 5.75 Å². The van der Waals surface area contributed by atoms with Gasteiger partial charge in [-0.25, -0.2) is 9.97 Å². The minimum absolute atomic E-state index is 0.131. The first kappa shape index (κ1) is 18.7. The summed E-state index contributed by atoms with van der Waals surface area (Å²) < 4.78 is 0. The van der Waals surface area contributed by atoms with Gasteiger partial charge in [-0.1, -0.05) is 41.6 Å². The van der Waals surface area contributed by atoms with Gasteiger partial charge in [0, 0.05) is 23.1 Å². The second-order valence-corrected chi connectivity index (χ2v) is 7.20. The van der Waals surface area contributed by atoms with Gasteiger partial charge < -0.3 is 16.8 Å². The van der Waals surface area contributed by atoms with Crippen molar-refractivity contribution in [3.63, 3.8) is 0 Å². The van der Waals surface area contributed by atoms with E-state index in [9.17, 15) is 4.79 Å². The van der Waals surface area contributed by atoms with Crippen LogP contribution in [0.4, 0.5) is 17.3 Å². The van der Waals surface area contributed by atoms with Crippen molar-refractivity contribution >= 4 is 35.0 Å². The highest BCUT2D eigenvalue weighted by atomic mass is 32.2. The Morgan fingerprint density at radius 2 is 1.67 bits per heavy atom. The molecule has 0 saturated heterocycles. The van der Waals surface area contributed by atoms with Crippen LogP contribution >= 0.6 is 11.8 Å². The van der Waals surface area contributed by atoms with E-state index in [0.29, 0.717) is 28.1 Å². The molecule has 3 rings (SSSR count). The summed E-state index contributed by atoms with van der Waals surface area (Å²) in [4.78, 5) is 20.7. The number of carbonyl (C=O) groups is 1. The molecule has 0 radical (unpaired) electrons. The topological polar surface area (TPSA) is 107 Å². The predicted octanol–water partition coefficient (Wildman–Crippen LogP) is 3.80. The van der Waals surface area contributed by atoms with E-state index in [2.05, 4.69) is 15.3 Å².